The Balaban J connectivity index is 2.25. The summed E-state index contributed by atoms with van der Waals surface area (Å²) in [5, 5.41) is 0. The van der Waals surface area contributed by atoms with Crippen molar-refractivity contribution in [3.05, 3.63) is 23.3 Å². The molecule has 1 aromatic carbocycles. The highest BCUT2D eigenvalue weighted by Gasteiger charge is 2.25. The van der Waals surface area contributed by atoms with Crippen LogP contribution in [0.3, 0.4) is 0 Å². The van der Waals surface area contributed by atoms with Gasteiger partial charge in [-0.15, -0.1) is 0 Å². The Morgan fingerprint density at radius 3 is 2.29 bits per heavy atom. The fraction of sp³-hybridized carbons (Fsp3) is 0.571. The predicted molar refractivity (Wildman–Crippen MR) is 74.6 cm³/mol. The first-order valence-corrected chi connectivity index (χ1v) is 6.27. The van der Waals surface area contributed by atoms with Crippen LogP contribution < -0.4 is 10.6 Å². The summed E-state index contributed by atoms with van der Waals surface area (Å²) < 4.78 is 0. The maximum Gasteiger partial charge on any atom is 0.0427 e. The fourth-order valence-corrected chi connectivity index (χ4v) is 2.85. The Morgan fingerprint density at radius 2 is 1.82 bits per heavy atom. The van der Waals surface area contributed by atoms with Crippen LogP contribution in [0.1, 0.15) is 17.5 Å². The van der Waals surface area contributed by atoms with Crippen LogP contribution in [0.25, 0.3) is 0 Å². The molecule has 0 bridgehead atoms. The van der Waals surface area contributed by atoms with Gasteiger partial charge in [-0.1, -0.05) is 0 Å². The van der Waals surface area contributed by atoms with Crippen LogP contribution in [0.4, 0.5) is 11.4 Å². The van der Waals surface area contributed by atoms with Gasteiger partial charge in [-0.05, 0) is 57.6 Å². The predicted octanol–water partition coefficient (Wildman–Crippen LogP) is 2.03. The molecule has 1 heterocycles. The van der Waals surface area contributed by atoms with E-state index < -0.39 is 0 Å². The van der Waals surface area contributed by atoms with E-state index in [-0.39, 0.29) is 0 Å². The summed E-state index contributed by atoms with van der Waals surface area (Å²) in [6.07, 6.45) is 1.25. The molecule has 1 aliphatic rings. The number of aryl methyl sites for hydroxylation is 2. The van der Waals surface area contributed by atoms with E-state index in [1.165, 1.54) is 23.2 Å². The number of hydrogen-bond donors (Lipinski definition) is 1. The van der Waals surface area contributed by atoms with Crippen molar-refractivity contribution in [3.8, 4) is 0 Å². The zero-order chi connectivity index (χ0) is 12.6. The van der Waals surface area contributed by atoms with Gasteiger partial charge in [0.1, 0.15) is 0 Å². The maximum atomic E-state index is 5.88. The zero-order valence-corrected chi connectivity index (χ0v) is 11.3. The van der Waals surface area contributed by atoms with E-state index in [1.807, 2.05) is 0 Å². The molecule has 1 atom stereocenters. The minimum atomic E-state index is 0.673. The van der Waals surface area contributed by atoms with E-state index in [0.29, 0.717) is 6.04 Å². The SMILES string of the molecule is Cc1cc(N)cc(C)c1N1CCC(N(C)C)C1. The lowest BCUT2D eigenvalue weighted by molar-refractivity contribution is 0.315. The van der Waals surface area contributed by atoms with Gasteiger partial charge >= 0.3 is 0 Å². The molecule has 1 aromatic rings. The minimum absolute atomic E-state index is 0.673. The van der Waals surface area contributed by atoms with Crippen molar-refractivity contribution in [2.45, 2.75) is 26.3 Å². The molecular weight excluding hydrogens is 210 g/mol. The first kappa shape index (κ1) is 12.2. The molecule has 3 heteroatoms. The summed E-state index contributed by atoms with van der Waals surface area (Å²) in [6.45, 7) is 6.58. The zero-order valence-electron chi connectivity index (χ0n) is 11.3. The summed E-state index contributed by atoms with van der Waals surface area (Å²) >= 11 is 0. The van der Waals surface area contributed by atoms with Crippen LogP contribution in [-0.2, 0) is 0 Å². The second-order valence-corrected chi connectivity index (χ2v) is 5.36. The van der Waals surface area contributed by atoms with Crippen molar-refractivity contribution in [2.24, 2.45) is 0 Å². The highest BCUT2D eigenvalue weighted by atomic mass is 15.2. The molecule has 1 saturated heterocycles. The third-order valence-electron chi connectivity index (χ3n) is 3.72. The van der Waals surface area contributed by atoms with Gasteiger partial charge in [0.2, 0.25) is 0 Å². The second-order valence-electron chi connectivity index (χ2n) is 5.36. The van der Waals surface area contributed by atoms with Gasteiger partial charge < -0.3 is 15.5 Å². The number of nitrogens with two attached hydrogens (primary N) is 1. The summed E-state index contributed by atoms with van der Waals surface area (Å²) in [6, 6.07) is 4.82. The van der Waals surface area contributed by atoms with Crippen molar-refractivity contribution in [1.29, 1.82) is 0 Å². The normalized spacial score (nSPS) is 20.3. The summed E-state index contributed by atoms with van der Waals surface area (Å²) in [4.78, 5) is 4.82. The van der Waals surface area contributed by atoms with Gasteiger partial charge in [-0.25, -0.2) is 0 Å². The Hall–Kier alpha value is -1.22. The lowest BCUT2D eigenvalue weighted by atomic mass is 10.1. The highest BCUT2D eigenvalue weighted by molar-refractivity contribution is 5.65. The molecule has 1 fully saturated rings. The smallest absolute Gasteiger partial charge is 0.0427 e. The van der Waals surface area contributed by atoms with Gasteiger partial charge in [0.25, 0.3) is 0 Å². The molecule has 94 valence electrons. The maximum absolute atomic E-state index is 5.88. The fourth-order valence-electron chi connectivity index (χ4n) is 2.85. The van der Waals surface area contributed by atoms with Gasteiger partial charge in [0, 0.05) is 30.5 Å². The summed E-state index contributed by atoms with van der Waals surface area (Å²) in [7, 11) is 4.33. The van der Waals surface area contributed by atoms with Crippen molar-refractivity contribution in [1.82, 2.24) is 4.90 Å². The molecule has 1 aliphatic heterocycles. The van der Waals surface area contributed by atoms with Crippen LogP contribution in [0, 0.1) is 13.8 Å². The number of hydrogen-bond acceptors (Lipinski definition) is 3. The van der Waals surface area contributed by atoms with Crippen LogP contribution >= 0.6 is 0 Å². The molecule has 17 heavy (non-hydrogen) atoms. The molecule has 0 aromatic heterocycles. The van der Waals surface area contributed by atoms with Crippen LogP contribution in [0.5, 0.6) is 0 Å². The van der Waals surface area contributed by atoms with Gasteiger partial charge in [0.05, 0.1) is 0 Å². The molecule has 1 unspecified atom stereocenters. The van der Waals surface area contributed by atoms with E-state index in [1.54, 1.807) is 0 Å². The van der Waals surface area contributed by atoms with E-state index in [4.69, 9.17) is 5.73 Å². The van der Waals surface area contributed by atoms with Gasteiger partial charge in [-0.2, -0.15) is 0 Å². The first-order chi connectivity index (χ1) is 7.99. The minimum Gasteiger partial charge on any atom is -0.399 e. The molecular formula is C14H23N3. The number of nitrogens with zero attached hydrogens (tertiary/aromatic N) is 2. The highest BCUT2D eigenvalue weighted by Crippen LogP contribution is 2.30. The number of benzene rings is 1. The summed E-state index contributed by atoms with van der Waals surface area (Å²) in [5.41, 5.74) is 10.7. The lowest BCUT2D eigenvalue weighted by Crippen LogP contribution is -2.31. The van der Waals surface area contributed by atoms with E-state index in [9.17, 15) is 0 Å². The molecule has 2 N–H and O–H groups in total. The number of rotatable bonds is 2. The Kier molecular flexibility index (Phi) is 3.29. The number of anilines is 2. The van der Waals surface area contributed by atoms with Gasteiger partial charge in [-0.3, -0.25) is 0 Å². The Morgan fingerprint density at radius 1 is 1.24 bits per heavy atom. The molecule has 3 nitrogen and oxygen atoms in total. The van der Waals surface area contributed by atoms with Crippen molar-refractivity contribution < 1.29 is 0 Å². The standard InChI is InChI=1S/C14H23N3/c1-10-7-12(15)8-11(2)14(10)17-6-5-13(9-17)16(3)4/h7-8,13H,5-6,9,15H2,1-4H3. The molecule has 0 aliphatic carbocycles. The Bertz CT molecular complexity index is 389. The van der Waals surface area contributed by atoms with Crippen LogP contribution in [0.15, 0.2) is 12.1 Å². The molecule has 0 saturated carbocycles. The van der Waals surface area contributed by atoms with Crippen LogP contribution in [0.2, 0.25) is 0 Å². The topological polar surface area (TPSA) is 32.5 Å². The first-order valence-electron chi connectivity index (χ1n) is 6.27. The Labute approximate surface area is 104 Å². The average molecular weight is 233 g/mol. The number of likely N-dealkylation sites (N-methyl/N-ethyl adjacent to an activating group) is 1. The van der Waals surface area contributed by atoms with Gasteiger partial charge in [0.15, 0.2) is 0 Å². The third-order valence-corrected chi connectivity index (χ3v) is 3.72. The number of nitrogen functional groups attached to an aromatic ring is 1. The molecule has 0 radical (unpaired) electrons. The molecule has 0 amide bonds. The second kappa shape index (κ2) is 4.57. The molecule has 0 spiro atoms. The van der Waals surface area contributed by atoms with Crippen molar-refractivity contribution in [2.75, 3.05) is 37.8 Å². The largest absolute Gasteiger partial charge is 0.399 e. The third kappa shape index (κ3) is 2.39. The van der Waals surface area contributed by atoms with Crippen molar-refractivity contribution >= 4 is 11.4 Å². The monoisotopic (exact) mass is 233 g/mol. The van der Waals surface area contributed by atoms with E-state index in [0.717, 1.165) is 18.8 Å². The molecule has 2 rings (SSSR count). The van der Waals surface area contributed by atoms with Crippen LogP contribution in [-0.4, -0.2) is 38.1 Å². The average Bonchev–Trinajstić information content (AvgIpc) is 2.65. The quantitative estimate of drug-likeness (QED) is 0.793. The van der Waals surface area contributed by atoms with E-state index >= 15 is 0 Å². The van der Waals surface area contributed by atoms with Crippen molar-refractivity contribution in [3.63, 3.8) is 0 Å². The summed E-state index contributed by atoms with van der Waals surface area (Å²) in [5.74, 6) is 0. The van der Waals surface area contributed by atoms with E-state index in [2.05, 4.69) is 49.9 Å². The lowest BCUT2D eigenvalue weighted by Gasteiger charge is -2.25.